The topological polar surface area (TPSA) is 63.1 Å². The number of hydrogen-bond acceptors (Lipinski definition) is 2. The number of aromatic nitrogens is 1. The summed E-state index contributed by atoms with van der Waals surface area (Å²) in [5, 5.41) is 5.65. The molecular weight excluding hydrogens is 302 g/mol. The van der Waals surface area contributed by atoms with Crippen LogP contribution in [0.1, 0.15) is 29.7 Å². The molecule has 1 heterocycles. The van der Waals surface area contributed by atoms with E-state index in [-0.39, 0.29) is 17.9 Å². The average molecular weight is 320 g/mol. The maximum atomic E-state index is 12.1. The first-order chi connectivity index (χ1) is 10.5. The van der Waals surface area contributed by atoms with Gasteiger partial charge in [-0.3, -0.25) is 9.59 Å². The van der Waals surface area contributed by atoms with E-state index in [4.69, 9.17) is 11.6 Å². The number of anilines is 1. The van der Waals surface area contributed by atoms with Gasteiger partial charge in [-0.15, -0.1) is 0 Å². The highest BCUT2D eigenvalue weighted by atomic mass is 35.5. The first kappa shape index (κ1) is 16.1. The smallest absolute Gasteiger partial charge is 0.252 e. The van der Waals surface area contributed by atoms with E-state index >= 15 is 0 Å². The summed E-state index contributed by atoms with van der Waals surface area (Å²) in [5.41, 5.74) is 0.883. The summed E-state index contributed by atoms with van der Waals surface area (Å²) < 4.78 is 1.97. The number of halogens is 1. The van der Waals surface area contributed by atoms with E-state index in [9.17, 15) is 9.59 Å². The Kier molecular flexibility index (Phi) is 5.22. The van der Waals surface area contributed by atoms with Crippen LogP contribution in [0.25, 0.3) is 0 Å². The molecule has 1 aromatic carbocycles. The molecule has 116 valence electrons. The van der Waals surface area contributed by atoms with Gasteiger partial charge in [0.25, 0.3) is 5.91 Å². The minimum atomic E-state index is -0.290. The molecule has 0 radical (unpaired) electrons. The molecule has 0 spiro atoms. The van der Waals surface area contributed by atoms with Gasteiger partial charge in [-0.1, -0.05) is 11.6 Å². The van der Waals surface area contributed by atoms with Gasteiger partial charge in [0.2, 0.25) is 5.91 Å². The molecule has 6 heteroatoms. The van der Waals surface area contributed by atoms with Crippen molar-refractivity contribution in [2.45, 2.75) is 19.4 Å². The molecule has 2 aromatic rings. The molecule has 5 nitrogen and oxygen atoms in total. The monoisotopic (exact) mass is 319 g/mol. The predicted molar refractivity (Wildman–Crippen MR) is 87.2 cm³/mol. The molecule has 1 atom stereocenters. The SMILES string of the molecule is CNC(=O)c1cc(NC(=O)C[C@@H](C)n2cccc2)ccc1Cl. The lowest BCUT2D eigenvalue weighted by Crippen LogP contribution is -2.20. The van der Waals surface area contributed by atoms with Gasteiger partial charge >= 0.3 is 0 Å². The van der Waals surface area contributed by atoms with Gasteiger partial charge in [0, 0.05) is 37.6 Å². The van der Waals surface area contributed by atoms with Crippen molar-refractivity contribution in [1.29, 1.82) is 0 Å². The van der Waals surface area contributed by atoms with Crippen molar-refractivity contribution in [2.24, 2.45) is 0 Å². The number of rotatable bonds is 5. The summed E-state index contributed by atoms with van der Waals surface area (Å²) in [5.74, 6) is -0.409. The number of hydrogen-bond donors (Lipinski definition) is 2. The van der Waals surface area contributed by atoms with Gasteiger partial charge < -0.3 is 15.2 Å². The fraction of sp³-hybridized carbons (Fsp3) is 0.250. The molecule has 2 N–H and O–H groups in total. The second-order valence-corrected chi connectivity index (χ2v) is 5.41. The Bertz CT molecular complexity index is 668. The van der Waals surface area contributed by atoms with Crippen LogP contribution in [0.4, 0.5) is 5.69 Å². The molecule has 0 aliphatic rings. The number of benzene rings is 1. The van der Waals surface area contributed by atoms with Crippen LogP contribution in [0.2, 0.25) is 5.02 Å². The second-order valence-electron chi connectivity index (χ2n) is 5.01. The summed E-state index contributed by atoms with van der Waals surface area (Å²) >= 11 is 5.98. The normalized spacial score (nSPS) is 11.8. The Labute approximate surface area is 134 Å². The zero-order valence-electron chi connectivity index (χ0n) is 12.5. The molecule has 0 aliphatic carbocycles. The van der Waals surface area contributed by atoms with Crippen LogP contribution in [0.3, 0.4) is 0 Å². The molecule has 0 fully saturated rings. The highest BCUT2D eigenvalue weighted by Crippen LogP contribution is 2.21. The van der Waals surface area contributed by atoms with Gasteiger partial charge in [0.15, 0.2) is 0 Å². The predicted octanol–water partition coefficient (Wildman–Crippen LogP) is 3.09. The van der Waals surface area contributed by atoms with Crippen LogP contribution in [0, 0.1) is 0 Å². The van der Waals surface area contributed by atoms with Gasteiger partial charge in [-0.2, -0.15) is 0 Å². The van der Waals surface area contributed by atoms with Crippen molar-refractivity contribution < 1.29 is 9.59 Å². The summed E-state index contributed by atoms with van der Waals surface area (Å²) in [7, 11) is 1.53. The standard InChI is InChI=1S/C16H18ClN3O2/c1-11(20-7-3-4-8-20)9-15(21)19-12-5-6-14(17)13(10-12)16(22)18-2/h3-8,10-11H,9H2,1-2H3,(H,18,22)(H,19,21)/t11-/m1/s1. The molecule has 0 saturated carbocycles. The molecule has 0 unspecified atom stereocenters. The second kappa shape index (κ2) is 7.13. The zero-order chi connectivity index (χ0) is 16.1. The molecule has 0 bridgehead atoms. The van der Waals surface area contributed by atoms with E-state index in [0.717, 1.165) is 0 Å². The lowest BCUT2D eigenvalue weighted by molar-refractivity contribution is -0.116. The van der Waals surface area contributed by atoms with E-state index < -0.39 is 0 Å². The highest BCUT2D eigenvalue weighted by molar-refractivity contribution is 6.34. The number of carbonyl (C=O) groups is 2. The van der Waals surface area contributed by atoms with Crippen LogP contribution in [0.5, 0.6) is 0 Å². The Hall–Kier alpha value is -2.27. The largest absolute Gasteiger partial charge is 0.355 e. The summed E-state index contributed by atoms with van der Waals surface area (Å²) in [4.78, 5) is 23.8. The van der Waals surface area contributed by atoms with Gasteiger partial charge in [0.1, 0.15) is 0 Å². The lowest BCUT2D eigenvalue weighted by atomic mass is 10.1. The molecule has 0 aliphatic heterocycles. The van der Waals surface area contributed by atoms with Crippen LogP contribution < -0.4 is 10.6 Å². The lowest BCUT2D eigenvalue weighted by Gasteiger charge is -2.14. The molecule has 22 heavy (non-hydrogen) atoms. The van der Waals surface area contributed by atoms with Crippen molar-refractivity contribution in [2.75, 3.05) is 12.4 Å². The molecular formula is C16H18ClN3O2. The number of nitrogens with one attached hydrogen (secondary N) is 2. The highest BCUT2D eigenvalue weighted by Gasteiger charge is 2.13. The molecule has 2 rings (SSSR count). The van der Waals surface area contributed by atoms with Gasteiger partial charge in [-0.25, -0.2) is 0 Å². The quantitative estimate of drug-likeness (QED) is 0.889. The maximum absolute atomic E-state index is 12.1. The van der Waals surface area contributed by atoms with Gasteiger partial charge in [-0.05, 0) is 37.3 Å². The van der Waals surface area contributed by atoms with Crippen molar-refractivity contribution in [3.05, 3.63) is 53.3 Å². The van der Waals surface area contributed by atoms with E-state index in [1.54, 1.807) is 18.2 Å². The van der Waals surface area contributed by atoms with Gasteiger partial charge in [0.05, 0.1) is 10.6 Å². The first-order valence-corrected chi connectivity index (χ1v) is 7.33. The van der Waals surface area contributed by atoms with Crippen molar-refractivity contribution in [3.8, 4) is 0 Å². The van der Waals surface area contributed by atoms with E-state index in [0.29, 0.717) is 22.7 Å². The third-order valence-corrected chi connectivity index (χ3v) is 3.67. The summed E-state index contributed by atoms with van der Waals surface area (Å²) in [6, 6.07) is 8.73. The fourth-order valence-corrected chi connectivity index (χ4v) is 2.34. The third-order valence-electron chi connectivity index (χ3n) is 3.34. The minimum Gasteiger partial charge on any atom is -0.355 e. The van der Waals surface area contributed by atoms with Crippen LogP contribution in [-0.2, 0) is 4.79 Å². The zero-order valence-corrected chi connectivity index (χ0v) is 13.2. The Morgan fingerprint density at radius 2 is 1.95 bits per heavy atom. The summed E-state index contributed by atoms with van der Waals surface area (Å²) in [6.45, 7) is 1.97. The van der Waals surface area contributed by atoms with E-state index in [2.05, 4.69) is 10.6 Å². The molecule has 0 saturated heterocycles. The number of carbonyl (C=O) groups excluding carboxylic acids is 2. The average Bonchev–Trinajstić information content (AvgIpc) is 3.02. The van der Waals surface area contributed by atoms with Crippen molar-refractivity contribution >= 4 is 29.1 Å². The fourth-order valence-electron chi connectivity index (χ4n) is 2.14. The number of nitrogens with zero attached hydrogens (tertiary/aromatic N) is 1. The van der Waals surface area contributed by atoms with Crippen molar-refractivity contribution in [1.82, 2.24) is 9.88 Å². The van der Waals surface area contributed by atoms with E-state index in [1.807, 2.05) is 36.0 Å². The third kappa shape index (κ3) is 3.89. The molecule has 2 amide bonds. The van der Waals surface area contributed by atoms with E-state index in [1.165, 1.54) is 7.05 Å². The minimum absolute atomic E-state index is 0.0562. The van der Waals surface area contributed by atoms with Crippen molar-refractivity contribution in [3.63, 3.8) is 0 Å². The Morgan fingerprint density at radius 3 is 2.59 bits per heavy atom. The first-order valence-electron chi connectivity index (χ1n) is 6.95. The Morgan fingerprint density at radius 1 is 1.27 bits per heavy atom. The molecule has 1 aromatic heterocycles. The Balaban J connectivity index is 2.04. The number of amides is 2. The maximum Gasteiger partial charge on any atom is 0.252 e. The van der Waals surface area contributed by atoms with Crippen LogP contribution in [-0.4, -0.2) is 23.4 Å². The van der Waals surface area contributed by atoms with Crippen LogP contribution >= 0.6 is 11.6 Å². The summed E-state index contributed by atoms with van der Waals surface area (Å²) in [6.07, 6.45) is 4.18. The van der Waals surface area contributed by atoms with Crippen LogP contribution in [0.15, 0.2) is 42.7 Å².